The van der Waals surface area contributed by atoms with Gasteiger partial charge in [-0.1, -0.05) is 0 Å². The Labute approximate surface area is 120 Å². The Bertz CT molecular complexity index is 341. The first-order chi connectivity index (χ1) is 8.74. The van der Waals surface area contributed by atoms with Crippen LogP contribution in [0, 0.1) is 0 Å². The molecule has 0 saturated carbocycles. The number of hydrogen-bond acceptors (Lipinski definition) is 7. The highest BCUT2D eigenvalue weighted by atomic mass is 16.6. The summed E-state index contributed by atoms with van der Waals surface area (Å²) in [6.07, 6.45) is 0. The number of carbonyl (C=O) groups excluding carboxylic acids is 2. The van der Waals surface area contributed by atoms with Gasteiger partial charge in [0.25, 0.3) is 0 Å². The summed E-state index contributed by atoms with van der Waals surface area (Å²) >= 11 is 0. The zero-order valence-corrected chi connectivity index (χ0v) is 13.1. The molecule has 7 heteroatoms. The van der Waals surface area contributed by atoms with E-state index >= 15 is 0 Å². The van der Waals surface area contributed by atoms with Crippen molar-refractivity contribution in [1.82, 2.24) is 0 Å². The fourth-order valence-corrected chi connectivity index (χ4v) is 1.30. The minimum Gasteiger partial charge on any atom is -0.458 e. The second-order valence-electron chi connectivity index (χ2n) is 6.71. The lowest BCUT2D eigenvalue weighted by atomic mass is 9.91. The minimum absolute atomic E-state index is 0.158. The van der Waals surface area contributed by atoms with Crippen LogP contribution < -0.4 is 17.2 Å². The van der Waals surface area contributed by atoms with E-state index in [0.29, 0.717) is 0 Å². The Balaban J connectivity index is 5.41. The SMILES string of the molecule is CC(C)(C)OC(=O)C(N)(C(=O)OC(C)(C)C)C(N)CN. The quantitative estimate of drug-likeness (QED) is 0.476. The van der Waals surface area contributed by atoms with E-state index in [1.54, 1.807) is 41.5 Å². The third-order valence-corrected chi connectivity index (χ3v) is 2.31. The molecule has 0 aliphatic rings. The smallest absolute Gasteiger partial charge is 0.340 e. The molecule has 0 amide bonds. The summed E-state index contributed by atoms with van der Waals surface area (Å²) in [5.41, 5.74) is 13.3. The predicted octanol–water partition coefficient (Wildman–Crippen LogP) is -0.347. The Hall–Kier alpha value is -1.18. The van der Waals surface area contributed by atoms with Crippen molar-refractivity contribution in [3.63, 3.8) is 0 Å². The number of ether oxygens (including phenoxy) is 2. The van der Waals surface area contributed by atoms with Crippen LogP contribution in [0.15, 0.2) is 0 Å². The second-order valence-corrected chi connectivity index (χ2v) is 6.71. The van der Waals surface area contributed by atoms with Gasteiger partial charge in [0.1, 0.15) is 11.2 Å². The maximum absolute atomic E-state index is 12.2. The zero-order valence-electron chi connectivity index (χ0n) is 13.1. The number of rotatable bonds is 4. The highest BCUT2D eigenvalue weighted by Crippen LogP contribution is 2.19. The van der Waals surface area contributed by atoms with Gasteiger partial charge in [0, 0.05) is 6.54 Å². The van der Waals surface area contributed by atoms with Crippen LogP contribution in [0.3, 0.4) is 0 Å². The lowest BCUT2D eigenvalue weighted by Crippen LogP contribution is -2.70. The highest BCUT2D eigenvalue weighted by molar-refractivity contribution is 6.06. The molecule has 20 heavy (non-hydrogen) atoms. The Morgan fingerprint density at radius 3 is 1.45 bits per heavy atom. The summed E-state index contributed by atoms with van der Waals surface area (Å²) < 4.78 is 10.3. The van der Waals surface area contributed by atoms with Gasteiger partial charge in [0.2, 0.25) is 5.54 Å². The average Bonchev–Trinajstić information content (AvgIpc) is 2.21. The summed E-state index contributed by atoms with van der Waals surface area (Å²) in [6, 6.07) is -1.10. The first-order valence-corrected chi connectivity index (χ1v) is 6.45. The van der Waals surface area contributed by atoms with Crippen molar-refractivity contribution in [2.24, 2.45) is 17.2 Å². The molecule has 1 atom stereocenters. The molecular formula is C13H27N3O4. The maximum atomic E-state index is 12.2. The number of hydrogen-bond donors (Lipinski definition) is 3. The van der Waals surface area contributed by atoms with Crippen molar-refractivity contribution in [2.75, 3.05) is 6.54 Å². The van der Waals surface area contributed by atoms with Gasteiger partial charge in [0.15, 0.2) is 0 Å². The Morgan fingerprint density at radius 2 is 1.25 bits per heavy atom. The van der Waals surface area contributed by atoms with Crippen molar-refractivity contribution in [3.05, 3.63) is 0 Å². The number of nitrogens with two attached hydrogens (primary N) is 3. The van der Waals surface area contributed by atoms with Gasteiger partial charge in [0.05, 0.1) is 6.04 Å². The third-order valence-electron chi connectivity index (χ3n) is 2.31. The Morgan fingerprint density at radius 1 is 0.950 bits per heavy atom. The van der Waals surface area contributed by atoms with Gasteiger partial charge in [-0.3, -0.25) is 0 Å². The van der Waals surface area contributed by atoms with E-state index in [2.05, 4.69) is 0 Å². The molecule has 7 nitrogen and oxygen atoms in total. The largest absolute Gasteiger partial charge is 0.458 e. The van der Waals surface area contributed by atoms with Crippen LogP contribution in [0.1, 0.15) is 41.5 Å². The van der Waals surface area contributed by atoms with Crippen molar-refractivity contribution in [1.29, 1.82) is 0 Å². The topological polar surface area (TPSA) is 131 Å². The van der Waals surface area contributed by atoms with Gasteiger partial charge < -0.3 is 26.7 Å². The van der Waals surface area contributed by atoms with Gasteiger partial charge in [-0.25, -0.2) is 9.59 Å². The van der Waals surface area contributed by atoms with Crippen LogP contribution in [0.25, 0.3) is 0 Å². The van der Waals surface area contributed by atoms with E-state index in [9.17, 15) is 9.59 Å². The summed E-state index contributed by atoms with van der Waals surface area (Å²) in [6.45, 7) is 9.81. The molecule has 0 aliphatic carbocycles. The molecule has 0 aromatic rings. The molecule has 0 rings (SSSR count). The number of carbonyl (C=O) groups is 2. The van der Waals surface area contributed by atoms with Gasteiger partial charge >= 0.3 is 11.9 Å². The monoisotopic (exact) mass is 289 g/mol. The lowest BCUT2D eigenvalue weighted by Gasteiger charge is -2.35. The molecule has 0 aliphatic heterocycles. The Kier molecular flexibility index (Phi) is 5.71. The number of esters is 2. The molecule has 0 saturated heterocycles. The first kappa shape index (κ1) is 18.8. The molecule has 1 unspecified atom stereocenters. The normalized spacial score (nSPS) is 14.7. The second kappa shape index (κ2) is 6.07. The fraction of sp³-hybridized carbons (Fsp3) is 0.846. The van der Waals surface area contributed by atoms with Crippen molar-refractivity contribution < 1.29 is 19.1 Å². The maximum Gasteiger partial charge on any atom is 0.340 e. The summed E-state index contributed by atoms with van der Waals surface area (Å²) in [5.74, 6) is -1.89. The van der Waals surface area contributed by atoms with Crippen LogP contribution in [0.5, 0.6) is 0 Å². The van der Waals surface area contributed by atoms with E-state index in [0.717, 1.165) is 0 Å². The molecule has 118 valence electrons. The lowest BCUT2D eigenvalue weighted by molar-refractivity contribution is -0.178. The van der Waals surface area contributed by atoms with Crippen LogP contribution in [-0.2, 0) is 19.1 Å². The molecule has 0 aromatic heterocycles. The van der Waals surface area contributed by atoms with Crippen molar-refractivity contribution in [2.45, 2.75) is 64.3 Å². The van der Waals surface area contributed by atoms with Gasteiger partial charge in [-0.15, -0.1) is 0 Å². The van der Waals surface area contributed by atoms with E-state index < -0.39 is 34.7 Å². The van der Waals surface area contributed by atoms with E-state index in [4.69, 9.17) is 26.7 Å². The van der Waals surface area contributed by atoms with Crippen LogP contribution in [0.4, 0.5) is 0 Å². The first-order valence-electron chi connectivity index (χ1n) is 6.45. The van der Waals surface area contributed by atoms with E-state index in [-0.39, 0.29) is 6.54 Å². The molecule has 0 fully saturated rings. The van der Waals surface area contributed by atoms with Crippen LogP contribution in [0.2, 0.25) is 0 Å². The van der Waals surface area contributed by atoms with E-state index in [1.165, 1.54) is 0 Å². The predicted molar refractivity (Wildman–Crippen MR) is 75.6 cm³/mol. The highest BCUT2D eigenvalue weighted by Gasteiger charge is 2.52. The molecule has 0 aromatic carbocycles. The summed E-state index contributed by atoms with van der Waals surface area (Å²) in [7, 11) is 0. The molecule has 6 N–H and O–H groups in total. The fourth-order valence-electron chi connectivity index (χ4n) is 1.30. The molecule has 0 radical (unpaired) electrons. The summed E-state index contributed by atoms with van der Waals surface area (Å²) in [4.78, 5) is 24.4. The molecule has 0 spiro atoms. The van der Waals surface area contributed by atoms with E-state index in [1.807, 2.05) is 0 Å². The van der Waals surface area contributed by atoms with Gasteiger partial charge in [-0.2, -0.15) is 0 Å². The molecular weight excluding hydrogens is 262 g/mol. The minimum atomic E-state index is -2.13. The van der Waals surface area contributed by atoms with Crippen LogP contribution in [-0.4, -0.2) is 41.3 Å². The summed E-state index contributed by atoms with van der Waals surface area (Å²) in [5, 5.41) is 0. The molecule has 0 bridgehead atoms. The van der Waals surface area contributed by atoms with Gasteiger partial charge in [-0.05, 0) is 41.5 Å². The average molecular weight is 289 g/mol. The third kappa shape index (κ3) is 5.07. The molecule has 0 heterocycles. The van der Waals surface area contributed by atoms with Crippen molar-refractivity contribution >= 4 is 11.9 Å². The standard InChI is InChI=1S/C13H27N3O4/c1-11(2,3)19-9(17)13(16,8(15)7-14)10(18)20-12(4,5)6/h8H,7,14-16H2,1-6H3. The zero-order chi connectivity index (χ0) is 16.4. The van der Waals surface area contributed by atoms with Crippen molar-refractivity contribution in [3.8, 4) is 0 Å². The van der Waals surface area contributed by atoms with Crippen LogP contribution >= 0.6 is 0 Å².